The summed E-state index contributed by atoms with van der Waals surface area (Å²) in [7, 11) is 0. The van der Waals surface area contributed by atoms with Gasteiger partial charge in [0.2, 0.25) is 5.91 Å². The van der Waals surface area contributed by atoms with Crippen LogP contribution >= 0.6 is 0 Å². The fourth-order valence-electron chi connectivity index (χ4n) is 2.05. The average Bonchev–Trinajstić information content (AvgIpc) is 2.46. The van der Waals surface area contributed by atoms with E-state index in [9.17, 15) is 9.18 Å². The van der Waals surface area contributed by atoms with Crippen LogP contribution in [0.25, 0.3) is 0 Å². The quantitative estimate of drug-likeness (QED) is 0.869. The lowest BCUT2D eigenvalue weighted by Crippen LogP contribution is -2.12. The Labute approximate surface area is 130 Å². The monoisotopic (exact) mass is 301 g/mol. The van der Waals surface area contributed by atoms with Crippen molar-refractivity contribution in [2.24, 2.45) is 0 Å². The third kappa shape index (κ3) is 5.20. The van der Waals surface area contributed by atoms with Gasteiger partial charge in [-0.2, -0.15) is 0 Å². The molecule has 0 saturated heterocycles. The van der Waals surface area contributed by atoms with Crippen LogP contribution in [0.1, 0.15) is 25.8 Å². The molecule has 0 heterocycles. The normalized spacial score (nSPS) is 10.5. The Balaban J connectivity index is 1.87. The smallest absolute Gasteiger partial charge is 0.224 e. The highest BCUT2D eigenvalue weighted by Crippen LogP contribution is 2.19. The van der Waals surface area contributed by atoms with Crippen LogP contribution in [0.2, 0.25) is 0 Å². The zero-order chi connectivity index (χ0) is 15.9. The molecule has 2 aromatic carbocycles. The van der Waals surface area contributed by atoms with Gasteiger partial charge in [0.05, 0.1) is 6.10 Å². The summed E-state index contributed by atoms with van der Waals surface area (Å²) in [6.45, 7) is 3.90. The molecule has 0 fully saturated rings. The molecule has 4 heteroatoms. The van der Waals surface area contributed by atoms with E-state index in [0.29, 0.717) is 18.5 Å². The summed E-state index contributed by atoms with van der Waals surface area (Å²) >= 11 is 0. The minimum Gasteiger partial charge on any atom is -0.491 e. The second-order valence-electron chi connectivity index (χ2n) is 5.37. The molecule has 0 spiro atoms. The van der Waals surface area contributed by atoms with Gasteiger partial charge in [0.1, 0.15) is 11.6 Å². The Morgan fingerprint density at radius 2 is 1.91 bits per heavy atom. The van der Waals surface area contributed by atoms with Crippen molar-refractivity contribution in [2.75, 3.05) is 5.32 Å². The summed E-state index contributed by atoms with van der Waals surface area (Å²) in [5.41, 5.74) is 1.65. The summed E-state index contributed by atoms with van der Waals surface area (Å²) < 4.78 is 18.4. The second kappa shape index (κ2) is 7.59. The summed E-state index contributed by atoms with van der Waals surface area (Å²) in [6, 6.07) is 13.5. The van der Waals surface area contributed by atoms with E-state index in [-0.39, 0.29) is 17.8 Å². The molecule has 1 amide bonds. The molecular formula is C18H20FNO2. The van der Waals surface area contributed by atoms with Gasteiger partial charge in [-0.05, 0) is 50.1 Å². The first-order valence-electron chi connectivity index (χ1n) is 7.34. The largest absolute Gasteiger partial charge is 0.491 e. The summed E-state index contributed by atoms with van der Waals surface area (Å²) in [5, 5.41) is 2.84. The van der Waals surface area contributed by atoms with Gasteiger partial charge in [-0.25, -0.2) is 4.39 Å². The van der Waals surface area contributed by atoms with Gasteiger partial charge >= 0.3 is 0 Å². The minimum absolute atomic E-state index is 0.0778. The molecule has 1 N–H and O–H groups in total. The molecule has 0 atom stereocenters. The second-order valence-corrected chi connectivity index (χ2v) is 5.37. The van der Waals surface area contributed by atoms with Crippen molar-refractivity contribution in [2.45, 2.75) is 32.8 Å². The minimum atomic E-state index is -0.268. The maximum Gasteiger partial charge on any atom is 0.224 e. The van der Waals surface area contributed by atoms with E-state index in [1.165, 1.54) is 12.1 Å². The van der Waals surface area contributed by atoms with Crippen molar-refractivity contribution < 1.29 is 13.9 Å². The van der Waals surface area contributed by atoms with Gasteiger partial charge < -0.3 is 10.1 Å². The lowest BCUT2D eigenvalue weighted by Gasteiger charge is -2.11. The summed E-state index contributed by atoms with van der Waals surface area (Å²) in [4.78, 5) is 12.0. The van der Waals surface area contributed by atoms with E-state index in [2.05, 4.69) is 5.32 Å². The standard InChI is InChI=1S/C18H20FNO2/c1-13(2)22-17-5-3-4-16(12-17)20-18(21)11-8-14-6-9-15(19)10-7-14/h3-7,9-10,12-13H,8,11H2,1-2H3,(H,20,21). The highest BCUT2D eigenvalue weighted by atomic mass is 19.1. The first kappa shape index (κ1) is 16.0. The number of amides is 1. The molecule has 0 aliphatic rings. The maximum atomic E-state index is 12.8. The molecule has 0 saturated carbocycles. The molecule has 0 aliphatic heterocycles. The van der Waals surface area contributed by atoms with Gasteiger partial charge in [-0.15, -0.1) is 0 Å². The van der Waals surface area contributed by atoms with Crippen LogP contribution in [0.15, 0.2) is 48.5 Å². The topological polar surface area (TPSA) is 38.3 Å². The van der Waals surface area contributed by atoms with E-state index >= 15 is 0 Å². The number of ether oxygens (including phenoxy) is 1. The van der Waals surface area contributed by atoms with Crippen LogP contribution < -0.4 is 10.1 Å². The molecule has 3 nitrogen and oxygen atoms in total. The molecule has 0 radical (unpaired) electrons. The van der Waals surface area contributed by atoms with E-state index in [1.807, 2.05) is 32.0 Å². The average molecular weight is 301 g/mol. The van der Waals surface area contributed by atoms with Gasteiger partial charge in [-0.3, -0.25) is 4.79 Å². The summed E-state index contributed by atoms with van der Waals surface area (Å²) in [5.74, 6) is 0.382. The number of nitrogens with one attached hydrogen (secondary N) is 1. The molecule has 116 valence electrons. The van der Waals surface area contributed by atoms with Crippen molar-refractivity contribution in [3.63, 3.8) is 0 Å². The molecule has 0 aromatic heterocycles. The Morgan fingerprint density at radius 3 is 2.59 bits per heavy atom. The van der Waals surface area contributed by atoms with Crippen LogP contribution in [0.5, 0.6) is 5.75 Å². The molecule has 22 heavy (non-hydrogen) atoms. The fourth-order valence-corrected chi connectivity index (χ4v) is 2.05. The predicted molar refractivity (Wildman–Crippen MR) is 85.6 cm³/mol. The first-order valence-corrected chi connectivity index (χ1v) is 7.34. The van der Waals surface area contributed by atoms with Crippen LogP contribution in [-0.2, 0) is 11.2 Å². The van der Waals surface area contributed by atoms with E-state index in [0.717, 1.165) is 11.3 Å². The Bertz CT molecular complexity index is 623. The number of halogens is 1. The predicted octanol–water partition coefficient (Wildman–Crippen LogP) is 4.18. The van der Waals surface area contributed by atoms with Crippen molar-refractivity contribution in [1.82, 2.24) is 0 Å². The van der Waals surface area contributed by atoms with E-state index < -0.39 is 0 Å². The number of hydrogen-bond acceptors (Lipinski definition) is 2. The van der Waals surface area contributed by atoms with Crippen LogP contribution in [-0.4, -0.2) is 12.0 Å². The van der Waals surface area contributed by atoms with Gasteiger partial charge in [0, 0.05) is 18.2 Å². The number of aryl methyl sites for hydroxylation is 1. The van der Waals surface area contributed by atoms with E-state index in [1.54, 1.807) is 18.2 Å². The lowest BCUT2D eigenvalue weighted by atomic mass is 10.1. The highest BCUT2D eigenvalue weighted by Gasteiger charge is 2.05. The van der Waals surface area contributed by atoms with E-state index in [4.69, 9.17) is 4.74 Å². The first-order chi connectivity index (χ1) is 10.5. The Kier molecular flexibility index (Phi) is 5.53. The molecular weight excluding hydrogens is 281 g/mol. The third-order valence-corrected chi connectivity index (χ3v) is 3.04. The zero-order valence-corrected chi connectivity index (χ0v) is 12.8. The van der Waals surface area contributed by atoms with Crippen molar-refractivity contribution in [3.8, 4) is 5.75 Å². The SMILES string of the molecule is CC(C)Oc1cccc(NC(=O)CCc2ccc(F)cc2)c1. The number of carbonyl (C=O) groups excluding carboxylic acids is 1. The van der Waals surface area contributed by atoms with Crippen LogP contribution in [0.3, 0.4) is 0 Å². The highest BCUT2D eigenvalue weighted by molar-refractivity contribution is 5.91. The number of hydrogen-bond donors (Lipinski definition) is 1. The number of carbonyl (C=O) groups is 1. The van der Waals surface area contributed by atoms with Crippen molar-refractivity contribution in [1.29, 1.82) is 0 Å². The third-order valence-electron chi connectivity index (χ3n) is 3.04. The zero-order valence-electron chi connectivity index (χ0n) is 12.8. The number of benzene rings is 2. The van der Waals surface area contributed by atoms with Crippen LogP contribution in [0.4, 0.5) is 10.1 Å². The van der Waals surface area contributed by atoms with Crippen LogP contribution in [0, 0.1) is 5.82 Å². The Hall–Kier alpha value is -2.36. The van der Waals surface area contributed by atoms with Crippen molar-refractivity contribution in [3.05, 3.63) is 59.9 Å². The summed E-state index contributed by atoms with van der Waals surface area (Å²) in [6.07, 6.45) is 1.01. The van der Waals surface area contributed by atoms with Gasteiger partial charge in [-0.1, -0.05) is 18.2 Å². The molecule has 2 aromatic rings. The maximum absolute atomic E-state index is 12.8. The number of rotatable bonds is 6. The lowest BCUT2D eigenvalue weighted by molar-refractivity contribution is -0.116. The molecule has 0 bridgehead atoms. The van der Waals surface area contributed by atoms with Crippen molar-refractivity contribution >= 4 is 11.6 Å². The molecule has 0 aliphatic carbocycles. The number of anilines is 1. The fraction of sp³-hybridized carbons (Fsp3) is 0.278. The molecule has 0 unspecified atom stereocenters. The van der Waals surface area contributed by atoms with Gasteiger partial charge in [0.25, 0.3) is 0 Å². The van der Waals surface area contributed by atoms with Gasteiger partial charge in [0.15, 0.2) is 0 Å². The Morgan fingerprint density at radius 1 is 1.18 bits per heavy atom. The molecule has 2 rings (SSSR count).